The number of nitrogens with zero attached hydrogens (tertiary/aromatic N) is 3. The van der Waals surface area contributed by atoms with E-state index in [-0.39, 0.29) is 23.4 Å². The number of hydrogen-bond donors (Lipinski definition) is 0. The number of aromatic nitrogens is 1. The fourth-order valence-electron chi connectivity index (χ4n) is 3.24. The summed E-state index contributed by atoms with van der Waals surface area (Å²) in [5.74, 6) is -0.367. The molecule has 0 saturated carbocycles. The van der Waals surface area contributed by atoms with Gasteiger partial charge in [-0.1, -0.05) is 30.3 Å². The van der Waals surface area contributed by atoms with E-state index >= 15 is 0 Å². The number of amides is 2. The predicted molar refractivity (Wildman–Crippen MR) is 115 cm³/mol. The Labute approximate surface area is 176 Å². The van der Waals surface area contributed by atoms with Crippen LogP contribution in [-0.4, -0.2) is 25.5 Å². The zero-order valence-corrected chi connectivity index (χ0v) is 16.8. The van der Waals surface area contributed by atoms with Crippen LogP contribution >= 0.6 is 11.8 Å². The van der Waals surface area contributed by atoms with Gasteiger partial charge in [0.1, 0.15) is 0 Å². The van der Waals surface area contributed by atoms with E-state index in [1.165, 1.54) is 12.1 Å². The van der Waals surface area contributed by atoms with Crippen molar-refractivity contribution >= 4 is 34.7 Å². The predicted octanol–water partition coefficient (Wildman–Crippen LogP) is 4.93. The standard InChI is InChI=1S/C22H17N3O4S/c1-15-11-17(14-23(15)18-5-3-2-4-6-18)12-20-21(26)24(22(27)30-20)13-16-7-9-19(10-8-16)25(28)29/h2-12,14H,13H2,1H3/b20-12+. The van der Waals surface area contributed by atoms with Gasteiger partial charge in [-0.25, -0.2) is 0 Å². The number of para-hydroxylation sites is 1. The second-order valence-electron chi connectivity index (χ2n) is 6.81. The summed E-state index contributed by atoms with van der Waals surface area (Å²) in [6.45, 7) is 2.05. The third-order valence-electron chi connectivity index (χ3n) is 4.73. The molecule has 4 rings (SSSR count). The fraction of sp³-hybridized carbons (Fsp3) is 0.0909. The van der Waals surface area contributed by atoms with E-state index in [1.54, 1.807) is 18.2 Å². The summed E-state index contributed by atoms with van der Waals surface area (Å²) < 4.78 is 2.02. The summed E-state index contributed by atoms with van der Waals surface area (Å²) in [5, 5.41) is 10.4. The summed E-state index contributed by atoms with van der Waals surface area (Å²) in [6.07, 6.45) is 3.64. The maximum absolute atomic E-state index is 12.8. The molecule has 1 aliphatic rings. The van der Waals surface area contributed by atoms with E-state index in [4.69, 9.17) is 0 Å². The Kier molecular flexibility index (Phi) is 5.24. The lowest BCUT2D eigenvalue weighted by atomic mass is 10.2. The minimum absolute atomic E-state index is 0.0360. The van der Waals surface area contributed by atoms with Gasteiger partial charge in [0.05, 0.1) is 16.4 Å². The highest BCUT2D eigenvalue weighted by molar-refractivity contribution is 8.18. The number of aryl methyl sites for hydroxylation is 1. The second kappa shape index (κ2) is 8.00. The smallest absolute Gasteiger partial charge is 0.293 e. The SMILES string of the molecule is Cc1cc(/C=C2/SC(=O)N(Cc3ccc([N+](=O)[O-])cc3)C2=O)cn1-c1ccccc1. The van der Waals surface area contributed by atoms with Crippen molar-refractivity contribution in [3.63, 3.8) is 0 Å². The maximum Gasteiger partial charge on any atom is 0.293 e. The first-order valence-corrected chi connectivity index (χ1v) is 9.97. The third-order valence-corrected chi connectivity index (χ3v) is 5.63. The minimum Gasteiger partial charge on any atom is -0.321 e. The molecule has 1 aliphatic heterocycles. The van der Waals surface area contributed by atoms with E-state index in [2.05, 4.69) is 0 Å². The van der Waals surface area contributed by atoms with Crippen LogP contribution in [0.25, 0.3) is 11.8 Å². The van der Waals surface area contributed by atoms with E-state index < -0.39 is 4.92 Å². The molecule has 0 atom stereocenters. The first kappa shape index (κ1) is 19.7. The summed E-state index contributed by atoms with van der Waals surface area (Å²) in [6, 6.07) is 17.6. The molecular formula is C22H17N3O4S. The van der Waals surface area contributed by atoms with Crippen LogP contribution in [0.4, 0.5) is 10.5 Å². The summed E-state index contributed by atoms with van der Waals surface area (Å²) in [5.41, 5.74) is 3.47. The Hall–Kier alpha value is -3.65. The van der Waals surface area contributed by atoms with Gasteiger partial charge in [-0.05, 0) is 54.1 Å². The fourth-order valence-corrected chi connectivity index (χ4v) is 4.08. The number of rotatable bonds is 5. The number of nitro benzene ring substituents is 1. The van der Waals surface area contributed by atoms with Crippen LogP contribution in [0.2, 0.25) is 0 Å². The van der Waals surface area contributed by atoms with Gasteiger partial charge in [-0.2, -0.15) is 0 Å². The van der Waals surface area contributed by atoms with Gasteiger partial charge in [0, 0.05) is 29.7 Å². The highest BCUT2D eigenvalue weighted by atomic mass is 32.2. The zero-order valence-electron chi connectivity index (χ0n) is 16.0. The molecule has 1 saturated heterocycles. The summed E-state index contributed by atoms with van der Waals surface area (Å²) >= 11 is 0.896. The molecule has 8 heteroatoms. The highest BCUT2D eigenvalue weighted by Gasteiger charge is 2.35. The third kappa shape index (κ3) is 3.90. The van der Waals surface area contributed by atoms with Crippen LogP contribution < -0.4 is 0 Å². The van der Waals surface area contributed by atoms with Crippen molar-refractivity contribution in [1.29, 1.82) is 0 Å². The molecule has 1 fully saturated rings. The van der Waals surface area contributed by atoms with Crippen LogP contribution in [0.3, 0.4) is 0 Å². The summed E-state index contributed by atoms with van der Waals surface area (Å²) in [4.78, 5) is 36.9. The van der Waals surface area contributed by atoms with Crippen molar-refractivity contribution in [1.82, 2.24) is 9.47 Å². The average Bonchev–Trinajstić information content (AvgIpc) is 3.23. The molecule has 0 spiro atoms. The molecule has 0 bridgehead atoms. The number of hydrogen-bond acceptors (Lipinski definition) is 5. The minimum atomic E-state index is -0.490. The van der Waals surface area contributed by atoms with E-state index in [0.29, 0.717) is 10.5 Å². The Morgan fingerprint density at radius 1 is 1.07 bits per heavy atom. The number of non-ortho nitro benzene ring substituents is 1. The molecule has 2 amide bonds. The molecule has 3 aromatic rings. The highest BCUT2D eigenvalue weighted by Crippen LogP contribution is 2.34. The molecule has 0 unspecified atom stereocenters. The van der Waals surface area contributed by atoms with Gasteiger partial charge in [0.2, 0.25) is 0 Å². The molecule has 30 heavy (non-hydrogen) atoms. The van der Waals surface area contributed by atoms with Gasteiger partial charge in [-0.15, -0.1) is 0 Å². The molecule has 2 heterocycles. The molecule has 0 N–H and O–H groups in total. The van der Waals surface area contributed by atoms with Gasteiger partial charge in [0.15, 0.2) is 0 Å². The number of imide groups is 1. The normalized spacial score (nSPS) is 15.2. The van der Waals surface area contributed by atoms with Crippen LogP contribution in [0.15, 0.2) is 71.8 Å². The zero-order chi connectivity index (χ0) is 21.3. The Bertz CT molecular complexity index is 1170. The van der Waals surface area contributed by atoms with Crippen molar-refractivity contribution in [3.05, 3.63) is 98.7 Å². The van der Waals surface area contributed by atoms with Crippen LogP contribution in [0.1, 0.15) is 16.8 Å². The van der Waals surface area contributed by atoms with Gasteiger partial charge in [0.25, 0.3) is 16.8 Å². The van der Waals surface area contributed by atoms with Crippen molar-refractivity contribution in [2.75, 3.05) is 0 Å². The largest absolute Gasteiger partial charge is 0.321 e. The number of benzene rings is 2. The lowest BCUT2D eigenvalue weighted by molar-refractivity contribution is -0.384. The van der Waals surface area contributed by atoms with E-state index in [0.717, 1.165) is 33.6 Å². The topological polar surface area (TPSA) is 85.5 Å². The second-order valence-corrected chi connectivity index (χ2v) is 7.80. The Morgan fingerprint density at radius 2 is 1.77 bits per heavy atom. The maximum atomic E-state index is 12.8. The van der Waals surface area contributed by atoms with Gasteiger partial charge in [-0.3, -0.25) is 24.6 Å². The molecule has 0 radical (unpaired) electrons. The number of carbonyl (C=O) groups excluding carboxylic acids is 2. The van der Waals surface area contributed by atoms with Crippen LogP contribution in [0.5, 0.6) is 0 Å². The van der Waals surface area contributed by atoms with E-state index in [1.807, 2.05) is 54.1 Å². The molecule has 0 aliphatic carbocycles. The van der Waals surface area contributed by atoms with Crippen LogP contribution in [0, 0.1) is 17.0 Å². The average molecular weight is 419 g/mol. The number of thioether (sulfide) groups is 1. The summed E-state index contributed by atoms with van der Waals surface area (Å²) in [7, 11) is 0. The quantitative estimate of drug-likeness (QED) is 0.332. The van der Waals surface area contributed by atoms with Gasteiger partial charge >= 0.3 is 0 Å². The first-order valence-electron chi connectivity index (χ1n) is 9.15. The van der Waals surface area contributed by atoms with Crippen LogP contribution in [-0.2, 0) is 11.3 Å². The van der Waals surface area contributed by atoms with E-state index in [9.17, 15) is 19.7 Å². The van der Waals surface area contributed by atoms with Crippen molar-refractivity contribution in [2.45, 2.75) is 13.5 Å². The van der Waals surface area contributed by atoms with Crippen molar-refractivity contribution < 1.29 is 14.5 Å². The molecule has 7 nitrogen and oxygen atoms in total. The number of carbonyl (C=O) groups is 2. The van der Waals surface area contributed by atoms with Gasteiger partial charge < -0.3 is 4.57 Å². The lowest BCUT2D eigenvalue weighted by Crippen LogP contribution is -2.27. The monoisotopic (exact) mass is 419 g/mol. The Balaban J connectivity index is 1.54. The molecule has 1 aromatic heterocycles. The lowest BCUT2D eigenvalue weighted by Gasteiger charge is -2.12. The Morgan fingerprint density at radius 3 is 2.43 bits per heavy atom. The molecular weight excluding hydrogens is 402 g/mol. The first-order chi connectivity index (χ1) is 14.4. The van der Waals surface area contributed by atoms with Crippen molar-refractivity contribution in [2.24, 2.45) is 0 Å². The van der Waals surface area contributed by atoms with Crippen molar-refractivity contribution in [3.8, 4) is 5.69 Å². The molecule has 2 aromatic carbocycles. The molecule has 150 valence electrons. The number of nitro groups is 1.